The van der Waals surface area contributed by atoms with Crippen molar-refractivity contribution in [3.05, 3.63) is 47.5 Å². The van der Waals surface area contributed by atoms with Crippen LogP contribution in [0.1, 0.15) is 19.8 Å². The van der Waals surface area contributed by atoms with E-state index in [1.807, 2.05) is 5.32 Å². The lowest BCUT2D eigenvalue weighted by molar-refractivity contribution is -0.242. The number of carbonyl (C=O) groups excluding carboxylic acids is 2. The number of sulfone groups is 1. The van der Waals surface area contributed by atoms with Crippen molar-refractivity contribution in [3.8, 4) is 0 Å². The van der Waals surface area contributed by atoms with E-state index in [0.29, 0.717) is 18.7 Å². The second-order valence-electron chi connectivity index (χ2n) is 7.31. The molecule has 2 amide bonds. The van der Waals surface area contributed by atoms with Crippen LogP contribution in [0.2, 0.25) is 5.02 Å². The molecule has 0 aliphatic carbocycles. The Morgan fingerprint density at radius 3 is 2.22 bits per heavy atom. The molecule has 0 saturated carbocycles. The Hall–Kier alpha value is -2.63. The number of nitrogens with one attached hydrogen (secondary N) is 1. The molecule has 2 aromatic rings. The van der Waals surface area contributed by atoms with Crippen LogP contribution >= 0.6 is 11.6 Å². The second kappa shape index (κ2) is 8.38. The van der Waals surface area contributed by atoms with E-state index in [2.05, 4.69) is 0 Å². The number of benzene rings is 2. The molecule has 12 heteroatoms. The van der Waals surface area contributed by atoms with Gasteiger partial charge >= 0.3 is 6.18 Å². The highest BCUT2D eigenvalue weighted by atomic mass is 35.5. The molecular weight excluding hydrogens is 473 g/mol. The van der Waals surface area contributed by atoms with Crippen LogP contribution in [0.5, 0.6) is 0 Å². The summed E-state index contributed by atoms with van der Waals surface area (Å²) in [6, 6.07) is 8.75. The summed E-state index contributed by atoms with van der Waals surface area (Å²) in [6.45, 7) is 0.837. The minimum atomic E-state index is -5.22. The van der Waals surface area contributed by atoms with Crippen molar-refractivity contribution in [3.63, 3.8) is 0 Å². The summed E-state index contributed by atoms with van der Waals surface area (Å²) >= 11 is 5.97. The first kappa shape index (κ1) is 24.0. The zero-order valence-electron chi connectivity index (χ0n) is 16.6. The van der Waals surface area contributed by atoms with Gasteiger partial charge in [0.25, 0.3) is 5.91 Å². The number of alkyl halides is 3. The van der Waals surface area contributed by atoms with Crippen LogP contribution in [-0.4, -0.2) is 43.7 Å². The summed E-state index contributed by atoms with van der Waals surface area (Å²) in [5.74, 6) is -1.82. The Labute approximate surface area is 186 Å². The highest BCUT2D eigenvalue weighted by Gasteiger charge is 2.55. The highest BCUT2D eigenvalue weighted by molar-refractivity contribution is 7.91. The van der Waals surface area contributed by atoms with Gasteiger partial charge in [0.05, 0.1) is 20.5 Å². The predicted molar refractivity (Wildman–Crippen MR) is 110 cm³/mol. The lowest BCUT2D eigenvalue weighted by Gasteiger charge is -2.25. The SMILES string of the molecule is CC(O)(C(=O)Nc1ccc(S(=O)(=O)c2ccc(N3CCCC3=O)cc2)cc1Cl)C(F)(F)F. The molecule has 7 nitrogen and oxygen atoms in total. The maximum absolute atomic E-state index is 12.9. The van der Waals surface area contributed by atoms with Crippen LogP contribution in [0.15, 0.2) is 52.3 Å². The third kappa shape index (κ3) is 4.45. The van der Waals surface area contributed by atoms with Gasteiger partial charge in [0.2, 0.25) is 21.3 Å². The molecule has 0 radical (unpaired) electrons. The number of halogens is 4. The number of hydrogen-bond acceptors (Lipinski definition) is 5. The van der Waals surface area contributed by atoms with E-state index >= 15 is 0 Å². The zero-order valence-corrected chi connectivity index (χ0v) is 18.2. The molecule has 1 aliphatic rings. The van der Waals surface area contributed by atoms with Crippen molar-refractivity contribution in [1.82, 2.24) is 0 Å². The average molecular weight is 491 g/mol. The van der Waals surface area contributed by atoms with Gasteiger partial charge in [0.1, 0.15) is 0 Å². The molecule has 1 heterocycles. The largest absolute Gasteiger partial charge is 0.426 e. The average Bonchev–Trinajstić information content (AvgIpc) is 3.14. The van der Waals surface area contributed by atoms with Crippen molar-refractivity contribution < 1.29 is 36.3 Å². The van der Waals surface area contributed by atoms with E-state index in [1.54, 1.807) is 4.90 Å². The number of aliphatic hydroxyl groups is 1. The quantitative estimate of drug-likeness (QED) is 0.667. The number of amides is 2. The summed E-state index contributed by atoms with van der Waals surface area (Å²) in [7, 11) is -4.04. The molecule has 2 aromatic carbocycles. The fourth-order valence-corrected chi connectivity index (χ4v) is 4.58. The Kier molecular flexibility index (Phi) is 6.29. The van der Waals surface area contributed by atoms with Gasteiger partial charge in [0, 0.05) is 18.7 Å². The van der Waals surface area contributed by atoms with Crippen LogP contribution in [0.3, 0.4) is 0 Å². The third-order valence-corrected chi connectivity index (χ3v) is 7.11. The second-order valence-corrected chi connectivity index (χ2v) is 9.67. The number of hydrogen-bond donors (Lipinski definition) is 2. The molecular formula is C20H18ClF3N2O5S. The molecule has 2 N–H and O–H groups in total. The van der Waals surface area contributed by atoms with E-state index in [1.165, 1.54) is 24.3 Å². The van der Waals surface area contributed by atoms with Gasteiger partial charge in [-0.2, -0.15) is 13.2 Å². The van der Waals surface area contributed by atoms with E-state index in [4.69, 9.17) is 11.6 Å². The van der Waals surface area contributed by atoms with Crippen LogP contribution < -0.4 is 10.2 Å². The van der Waals surface area contributed by atoms with Gasteiger partial charge in [-0.05, 0) is 55.8 Å². The van der Waals surface area contributed by atoms with Crippen molar-refractivity contribution in [2.24, 2.45) is 0 Å². The van der Waals surface area contributed by atoms with Crippen LogP contribution in [0.25, 0.3) is 0 Å². The minimum Gasteiger partial charge on any atom is -0.373 e. The summed E-state index contributed by atoms with van der Waals surface area (Å²) < 4.78 is 64.2. The fraction of sp³-hybridized carbons (Fsp3) is 0.300. The fourth-order valence-electron chi connectivity index (χ4n) is 3.00. The number of rotatable bonds is 5. The van der Waals surface area contributed by atoms with Gasteiger partial charge in [-0.3, -0.25) is 9.59 Å². The molecule has 0 bridgehead atoms. The van der Waals surface area contributed by atoms with Gasteiger partial charge < -0.3 is 15.3 Å². The van der Waals surface area contributed by atoms with Crippen molar-refractivity contribution >= 4 is 44.6 Å². The lowest BCUT2D eigenvalue weighted by Crippen LogP contribution is -2.52. The molecule has 1 aliphatic heterocycles. The molecule has 1 saturated heterocycles. The molecule has 3 rings (SSSR count). The minimum absolute atomic E-state index is 0.0467. The van der Waals surface area contributed by atoms with E-state index in [9.17, 15) is 36.3 Å². The molecule has 0 spiro atoms. The Morgan fingerprint density at radius 1 is 1.12 bits per heavy atom. The summed E-state index contributed by atoms with van der Waals surface area (Å²) in [5.41, 5.74) is -3.40. The van der Waals surface area contributed by atoms with Gasteiger partial charge in [-0.15, -0.1) is 0 Å². The highest BCUT2D eigenvalue weighted by Crippen LogP contribution is 2.34. The number of carbonyl (C=O) groups is 2. The normalized spacial score (nSPS) is 16.7. The van der Waals surface area contributed by atoms with Crippen LogP contribution in [-0.2, 0) is 19.4 Å². The van der Waals surface area contributed by atoms with E-state index in [0.717, 1.165) is 24.6 Å². The van der Waals surface area contributed by atoms with Crippen molar-refractivity contribution in [2.75, 3.05) is 16.8 Å². The monoisotopic (exact) mass is 490 g/mol. The van der Waals surface area contributed by atoms with Gasteiger partial charge in [-0.25, -0.2) is 8.42 Å². The maximum Gasteiger partial charge on any atom is 0.426 e. The molecule has 172 valence electrons. The Balaban J connectivity index is 1.83. The summed E-state index contributed by atoms with van der Waals surface area (Å²) in [6.07, 6.45) is -4.07. The third-order valence-electron chi connectivity index (χ3n) is 5.03. The predicted octanol–water partition coefficient (Wildman–Crippen LogP) is 3.55. The molecule has 1 fully saturated rings. The number of anilines is 2. The Morgan fingerprint density at radius 2 is 1.72 bits per heavy atom. The van der Waals surface area contributed by atoms with E-state index < -0.39 is 27.5 Å². The van der Waals surface area contributed by atoms with Crippen molar-refractivity contribution in [2.45, 2.75) is 41.3 Å². The smallest absolute Gasteiger partial charge is 0.373 e. The molecule has 32 heavy (non-hydrogen) atoms. The Bertz CT molecular complexity index is 1160. The summed E-state index contributed by atoms with van der Waals surface area (Å²) in [4.78, 5) is 24.9. The van der Waals surface area contributed by atoms with Gasteiger partial charge in [0.15, 0.2) is 0 Å². The standard InChI is InChI=1S/C20H18ClF3N2O5S/c1-19(29,20(22,23)24)18(28)25-16-9-8-14(11-15(16)21)32(30,31)13-6-4-12(5-7-13)26-10-2-3-17(26)27/h4-9,11,29H,2-3,10H2,1H3,(H,25,28). The first-order chi connectivity index (χ1) is 14.7. The molecule has 0 aromatic heterocycles. The van der Waals surface area contributed by atoms with Crippen LogP contribution in [0, 0.1) is 0 Å². The summed E-state index contributed by atoms with van der Waals surface area (Å²) in [5, 5.41) is 10.9. The number of nitrogens with zero attached hydrogens (tertiary/aromatic N) is 1. The molecule has 1 unspecified atom stereocenters. The molecule has 1 atom stereocenters. The first-order valence-electron chi connectivity index (χ1n) is 9.31. The van der Waals surface area contributed by atoms with Crippen LogP contribution in [0.4, 0.5) is 24.5 Å². The zero-order chi connectivity index (χ0) is 23.9. The lowest BCUT2D eigenvalue weighted by atomic mass is 10.1. The first-order valence-corrected chi connectivity index (χ1v) is 11.2. The van der Waals surface area contributed by atoms with E-state index in [-0.39, 0.29) is 33.3 Å². The van der Waals surface area contributed by atoms with Gasteiger partial charge in [-0.1, -0.05) is 11.6 Å². The van der Waals surface area contributed by atoms with Crippen molar-refractivity contribution in [1.29, 1.82) is 0 Å². The topological polar surface area (TPSA) is 104 Å². The maximum atomic E-state index is 12.9.